The largest absolute Gasteiger partial charge is 0.416 e. The van der Waals surface area contributed by atoms with E-state index in [9.17, 15) is 27.2 Å². The van der Waals surface area contributed by atoms with E-state index in [0.29, 0.717) is 0 Å². The summed E-state index contributed by atoms with van der Waals surface area (Å²) in [7, 11) is 0. The Morgan fingerprint density at radius 1 is 1.18 bits per heavy atom. The standard InChI is InChI=1S/C21H17F4N5O2.H2S/c1-12-11-29(16-4-2-14(3-5-16)21(23,24)25)20(32)18-17(10-27-30(12)18)19(31)28-15-6-13(7-22)8-26-9-15;/h2-6,8-10,12H,7,11H2,1H3,(H,28,31);1H2/t12-;/m0./s1. The molecule has 0 saturated heterocycles. The Bertz CT molecular complexity index is 1180. The second-order valence-electron chi connectivity index (χ2n) is 7.33. The van der Waals surface area contributed by atoms with Crippen LogP contribution in [-0.2, 0) is 12.9 Å². The lowest BCUT2D eigenvalue weighted by Gasteiger charge is -2.32. The number of alkyl halides is 4. The minimum atomic E-state index is -4.49. The molecule has 174 valence electrons. The summed E-state index contributed by atoms with van der Waals surface area (Å²) in [6.07, 6.45) is -0.575. The zero-order valence-corrected chi connectivity index (χ0v) is 18.2. The van der Waals surface area contributed by atoms with Gasteiger partial charge in [-0.3, -0.25) is 19.3 Å². The predicted octanol–water partition coefficient (Wildman–Crippen LogP) is 4.35. The summed E-state index contributed by atoms with van der Waals surface area (Å²) in [5.41, 5.74) is -0.0274. The van der Waals surface area contributed by atoms with Crippen LogP contribution in [0.4, 0.5) is 28.9 Å². The molecule has 0 bridgehead atoms. The molecule has 1 N–H and O–H groups in total. The van der Waals surface area contributed by atoms with Gasteiger partial charge < -0.3 is 10.2 Å². The fourth-order valence-electron chi connectivity index (χ4n) is 3.51. The Hall–Kier alpha value is -3.41. The number of pyridine rings is 1. The molecule has 7 nitrogen and oxygen atoms in total. The Morgan fingerprint density at radius 3 is 2.52 bits per heavy atom. The molecule has 2 aromatic heterocycles. The van der Waals surface area contributed by atoms with Crippen molar-refractivity contribution in [2.24, 2.45) is 0 Å². The first-order valence-corrected chi connectivity index (χ1v) is 9.57. The number of rotatable bonds is 4. The van der Waals surface area contributed by atoms with Gasteiger partial charge in [-0.2, -0.15) is 31.8 Å². The summed E-state index contributed by atoms with van der Waals surface area (Å²) in [6, 6.07) is 5.32. The van der Waals surface area contributed by atoms with E-state index in [1.807, 2.05) is 0 Å². The van der Waals surface area contributed by atoms with Crippen molar-refractivity contribution in [1.29, 1.82) is 0 Å². The van der Waals surface area contributed by atoms with E-state index in [2.05, 4.69) is 15.4 Å². The Balaban J connectivity index is 0.00000306. The second kappa shape index (κ2) is 9.22. The van der Waals surface area contributed by atoms with Gasteiger partial charge in [0.05, 0.1) is 35.2 Å². The van der Waals surface area contributed by atoms with Crippen LogP contribution >= 0.6 is 13.5 Å². The number of benzene rings is 1. The van der Waals surface area contributed by atoms with Crippen LogP contribution < -0.4 is 10.2 Å². The highest BCUT2D eigenvalue weighted by Crippen LogP contribution is 2.33. The number of anilines is 2. The molecule has 4 rings (SSSR count). The van der Waals surface area contributed by atoms with Crippen molar-refractivity contribution in [1.82, 2.24) is 14.8 Å². The second-order valence-corrected chi connectivity index (χ2v) is 7.33. The van der Waals surface area contributed by atoms with E-state index >= 15 is 0 Å². The van der Waals surface area contributed by atoms with Gasteiger partial charge in [0.2, 0.25) is 0 Å². The lowest BCUT2D eigenvalue weighted by molar-refractivity contribution is -0.137. The molecule has 3 heterocycles. The van der Waals surface area contributed by atoms with Crippen LogP contribution in [0.5, 0.6) is 0 Å². The first-order chi connectivity index (χ1) is 15.2. The summed E-state index contributed by atoms with van der Waals surface area (Å²) < 4.78 is 52.8. The molecular formula is C21H19F4N5O2S. The number of carbonyl (C=O) groups is 2. The molecule has 2 amide bonds. The Labute approximate surface area is 192 Å². The van der Waals surface area contributed by atoms with Crippen LogP contribution in [0.2, 0.25) is 0 Å². The molecule has 12 heteroatoms. The van der Waals surface area contributed by atoms with E-state index in [1.165, 1.54) is 46.4 Å². The van der Waals surface area contributed by atoms with Crippen molar-refractivity contribution in [2.75, 3.05) is 16.8 Å². The van der Waals surface area contributed by atoms with Crippen LogP contribution in [-0.4, -0.2) is 33.1 Å². The number of carbonyl (C=O) groups excluding carboxylic acids is 2. The third-order valence-electron chi connectivity index (χ3n) is 5.07. The van der Waals surface area contributed by atoms with Crippen LogP contribution in [0, 0.1) is 0 Å². The highest BCUT2D eigenvalue weighted by Gasteiger charge is 2.36. The van der Waals surface area contributed by atoms with E-state index in [-0.39, 0.29) is 54.3 Å². The van der Waals surface area contributed by atoms with Gasteiger partial charge >= 0.3 is 6.18 Å². The van der Waals surface area contributed by atoms with Gasteiger partial charge in [-0.05, 0) is 37.3 Å². The van der Waals surface area contributed by atoms with Crippen molar-refractivity contribution in [3.63, 3.8) is 0 Å². The molecule has 0 aliphatic carbocycles. The average Bonchev–Trinajstić information content (AvgIpc) is 3.22. The highest BCUT2D eigenvalue weighted by molar-refractivity contribution is 7.59. The van der Waals surface area contributed by atoms with E-state index in [4.69, 9.17) is 0 Å². The van der Waals surface area contributed by atoms with Gasteiger partial charge in [-0.15, -0.1) is 0 Å². The third kappa shape index (κ3) is 4.70. The molecule has 33 heavy (non-hydrogen) atoms. The molecule has 1 aliphatic rings. The smallest absolute Gasteiger partial charge is 0.320 e. The molecule has 0 radical (unpaired) electrons. The molecule has 1 aromatic carbocycles. The first-order valence-electron chi connectivity index (χ1n) is 9.57. The van der Waals surface area contributed by atoms with Crippen molar-refractivity contribution in [3.05, 3.63) is 71.3 Å². The normalized spacial score (nSPS) is 15.6. The summed E-state index contributed by atoms with van der Waals surface area (Å²) in [6.45, 7) is 1.19. The molecule has 3 aromatic rings. The molecule has 0 unspecified atom stereocenters. The quantitative estimate of drug-likeness (QED) is 0.562. The molecule has 0 fully saturated rings. The fourth-order valence-corrected chi connectivity index (χ4v) is 3.51. The number of nitrogens with one attached hydrogen (secondary N) is 1. The third-order valence-corrected chi connectivity index (χ3v) is 5.07. The van der Waals surface area contributed by atoms with Gasteiger partial charge in [-0.25, -0.2) is 4.39 Å². The maximum atomic E-state index is 13.2. The van der Waals surface area contributed by atoms with Crippen molar-refractivity contribution >= 4 is 36.7 Å². The average molecular weight is 481 g/mol. The van der Waals surface area contributed by atoms with Gasteiger partial charge in [0.15, 0.2) is 0 Å². The summed E-state index contributed by atoms with van der Waals surface area (Å²) in [4.78, 5) is 31.2. The molecular weight excluding hydrogens is 462 g/mol. The Kier molecular flexibility index (Phi) is 6.77. The minimum absolute atomic E-state index is 0. The monoisotopic (exact) mass is 481 g/mol. The number of hydrogen-bond donors (Lipinski definition) is 1. The summed E-state index contributed by atoms with van der Waals surface area (Å²) >= 11 is 0. The molecule has 1 aliphatic heterocycles. The molecule has 0 spiro atoms. The number of halogens is 4. The first kappa shape index (κ1) is 24.2. The zero-order valence-electron chi connectivity index (χ0n) is 17.2. The van der Waals surface area contributed by atoms with Gasteiger partial charge in [0, 0.05) is 24.0 Å². The lowest BCUT2D eigenvalue weighted by Crippen LogP contribution is -2.43. The molecule has 0 saturated carbocycles. The number of nitrogens with zero attached hydrogens (tertiary/aromatic N) is 4. The van der Waals surface area contributed by atoms with E-state index in [1.54, 1.807) is 6.92 Å². The fraction of sp³-hybridized carbons (Fsp3) is 0.238. The van der Waals surface area contributed by atoms with Crippen LogP contribution in [0.15, 0.2) is 48.9 Å². The number of aromatic nitrogens is 3. The summed E-state index contributed by atoms with van der Waals surface area (Å²) in [5, 5.41) is 6.71. The Morgan fingerprint density at radius 2 is 1.88 bits per heavy atom. The van der Waals surface area contributed by atoms with Gasteiger partial charge in [0.25, 0.3) is 11.8 Å². The predicted molar refractivity (Wildman–Crippen MR) is 117 cm³/mol. The van der Waals surface area contributed by atoms with Crippen molar-refractivity contribution < 1.29 is 27.2 Å². The molecule has 1 atom stereocenters. The SMILES string of the molecule is C[C@H]1CN(c2ccc(C(F)(F)F)cc2)C(=O)c2c(C(=O)Nc3cncc(CF)c3)cnn21.S. The van der Waals surface area contributed by atoms with Crippen LogP contribution in [0.25, 0.3) is 0 Å². The topological polar surface area (TPSA) is 80.1 Å². The van der Waals surface area contributed by atoms with Crippen LogP contribution in [0.1, 0.15) is 44.9 Å². The number of fused-ring (bicyclic) bond motifs is 1. The van der Waals surface area contributed by atoms with Crippen LogP contribution in [0.3, 0.4) is 0 Å². The minimum Gasteiger partial charge on any atom is -0.320 e. The van der Waals surface area contributed by atoms with E-state index in [0.717, 1.165) is 12.1 Å². The maximum absolute atomic E-state index is 13.2. The van der Waals surface area contributed by atoms with Gasteiger partial charge in [-0.1, -0.05) is 0 Å². The van der Waals surface area contributed by atoms with Crippen molar-refractivity contribution in [3.8, 4) is 0 Å². The van der Waals surface area contributed by atoms with E-state index < -0.39 is 30.2 Å². The van der Waals surface area contributed by atoms with Crippen molar-refractivity contribution in [2.45, 2.75) is 25.8 Å². The summed E-state index contributed by atoms with van der Waals surface area (Å²) in [5.74, 6) is -1.21. The highest BCUT2D eigenvalue weighted by atomic mass is 32.1. The maximum Gasteiger partial charge on any atom is 0.416 e. The van der Waals surface area contributed by atoms with Gasteiger partial charge in [0.1, 0.15) is 12.4 Å². The number of amides is 2. The zero-order chi connectivity index (χ0) is 23.0. The lowest BCUT2D eigenvalue weighted by atomic mass is 10.1. The number of hydrogen-bond acceptors (Lipinski definition) is 4.